The number of rotatable bonds is 5. The molecule has 1 spiro atoms. The first-order valence-corrected chi connectivity index (χ1v) is 14.6. The second-order valence-corrected chi connectivity index (χ2v) is 12.3. The Balaban J connectivity index is 1.45. The smallest absolute Gasteiger partial charge is 0.242 e. The maximum absolute atomic E-state index is 13.8. The third-order valence-corrected chi connectivity index (χ3v) is 9.13. The van der Waals surface area contributed by atoms with E-state index in [-0.39, 0.29) is 35.6 Å². The average molecular weight is 517 g/mol. The molecule has 0 bridgehead atoms. The van der Waals surface area contributed by atoms with Crippen molar-refractivity contribution in [2.75, 3.05) is 39.9 Å². The molecule has 37 heavy (non-hydrogen) atoms. The summed E-state index contributed by atoms with van der Waals surface area (Å²) >= 11 is 0. The number of hydrogen-bond donors (Lipinski definition) is 2. The predicted molar refractivity (Wildman–Crippen MR) is 144 cm³/mol. The number of carbonyl (C=O) groups excluding carboxylic acids is 3. The topological polar surface area (TPSA) is 91.0 Å². The minimum absolute atomic E-state index is 0.0442. The van der Waals surface area contributed by atoms with E-state index < -0.39 is 11.5 Å². The molecule has 0 aromatic carbocycles. The fourth-order valence-corrected chi connectivity index (χ4v) is 6.59. The molecule has 2 saturated heterocycles. The van der Waals surface area contributed by atoms with E-state index in [2.05, 4.69) is 48.6 Å². The Morgan fingerprint density at radius 3 is 2.57 bits per heavy atom. The van der Waals surface area contributed by atoms with E-state index in [1.807, 2.05) is 4.90 Å². The van der Waals surface area contributed by atoms with Crippen molar-refractivity contribution < 1.29 is 19.1 Å². The number of nitrogens with one attached hydrogen (secondary N) is 2. The fraction of sp³-hybridized carbons (Fsp3) is 0.828. The Morgan fingerprint density at radius 2 is 1.86 bits per heavy atom. The number of likely N-dealkylation sites (tertiary alicyclic amines) is 1. The number of allylic oxidation sites excluding steroid dienone is 2. The molecule has 3 heterocycles. The monoisotopic (exact) mass is 516 g/mol. The number of nitrogens with zero attached hydrogens (tertiary/aromatic N) is 2. The van der Waals surface area contributed by atoms with Crippen LogP contribution in [0.2, 0.25) is 0 Å². The van der Waals surface area contributed by atoms with Gasteiger partial charge in [0.05, 0.1) is 18.6 Å². The van der Waals surface area contributed by atoms with Gasteiger partial charge in [0, 0.05) is 37.7 Å². The number of carbonyl (C=O) groups is 3. The number of piperidine rings is 1. The Bertz CT molecular complexity index is 830. The van der Waals surface area contributed by atoms with Gasteiger partial charge in [-0.25, -0.2) is 0 Å². The van der Waals surface area contributed by atoms with Gasteiger partial charge in [0.15, 0.2) is 0 Å². The van der Waals surface area contributed by atoms with Crippen LogP contribution in [-0.4, -0.2) is 85.5 Å². The van der Waals surface area contributed by atoms with Crippen LogP contribution in [-0.2, 0) is 19.1 Å². The van der Waals surface area contributed by atoms with Crippen molar-refractivity contribution in [2.45, 2.75) is 96.2 Å². The van der Waals surface area contributed by atoms with Gasteiger partial charge in [0.1, 0.15) is 6.04 Å². The largest absolute Gasteiger partial charge is 0.381 e. The molecule has 8 heteroatoms. The van der Waals surface area contributed by atoms with Crippen molar-refractivity contribution in [3.8, 4) is 0 Å². The Kier molecular flexibility index (Phi) is 9.67. The van der Waals surface area contributed by atoms with Crippen LogP contribution in [0.3, 0.4) is 0 Å². The number of likely N-dealkylation sites (N-methyl/N-ethyl adjacent to an activating group) is 1. The van der Waals surface area contributed by atoms with Gasteiger partial charge in [-0.1, -0.05) is 38.8 Å². The summed E-state index contributed by atoms with van der Waals surface area (Å²) in [5.41, 5.74) is -0.595. The summed E-state index contributed by atoms with van der Waals surface area (Å²) in [6.07, 6.45) is 13.3. The van der Waals surface area contributed by atoms with Crippen molar-refractivity contribution in [1.82, 2.24) is 20.4 Å². The van der Waals surface area contributed by atoms with Crippen LogP contribution in [0.1, 0.15) is 78.1 Å². The van der Waals surface area contributed by atoms with Crippen LogP contribution in [0, 0.1) is 17.3 Å². The molecule has 0 aromatic heterocycles. The van der Waals surface area contributed by atoms with Gasteiger partial charge in [-0.3, -0.25) is 19.3 Å². The minimum Gasteiger partial charge on any atom is -0.381 e. The SMILES string of the molecule is CC(C)C[C@@H]1NC(=O)C2(C/C=C/C[C@@H]3COCC[C@@H]3NC1=O)CCN(C(=O)CN(C)C1CCCC1)CC2. The summed E-state index contributed by atoms with van der Waals surface area (Å²) in [5.74, 6) is 0.560. The van der Waals surface area contributed by atoms with E-state index in [1.54, 1.807) is 0 Å². The number of hydrogen-bond acceptors (Lipinski definition) is 5. The van der Waals surface area contributed by atoms with Crippen molar-refractivity contribution in [3.05, 3.63) is 12.2 Å². The van der Waals surface area contributed by atoms with Gasteiger partial charge in [0.25, 0.3) is 0 Å². The van der Waals surface area contributed by atoms with E-state index in [0.717, 1.165) is 12.8 Å². The number of fused-ring (bicyclic) bond motifs is 1. The Morgan fingerprint density at radius 1 is 1.14 bits per heavy atom. The van der Waals surface area contributed by atoms with E-state index in [4.69, 9.17) is 4.74 Å². The first-order chi connectivity index (χ1) is 17.8. The molecule has 0 unspecified atom stereocenters. The molecule has 1 aliphatic carbocycles. The molecule has 4 rings (SSSR count). The molecule has 0 radical (unpaired) electrons. The minimum atomic E-state index is -0.595. The lowest BCUT2D eigenvalue weighted by Crippen LogP contribution is -2.57. The highest BCUT2D eigenvalue weighted by molar-refractivity contribution is 5.90. The lowest BCUT2D eigenvalue weighted by molar-refractivity contribution is -0.142. The van der Waals surface area contributed by atoms with Crippen molar-refractivity contribution in [1.29, 1.82) is 0 Å². The second-order valence-electron chi connectivity index (χ2n) is 12.3. The summed E-state index contributed by atoms with van der Waals surface area (Å²) in [6.45, 7) is 7.08. The quantitative estimate of drug-likeness (QED) is 0.549. The van der Waals surface area contributed by atoms with Gasteiger partial charge in [0.2, 0.25) is 17.7 Å². The van der Waals surface area contributed by atoms with Gasteiger partial charge in [-0.2, -0.15) is 0 Å². The maximum atomic E-state index is 13.8. The molecule has 8 nitrogen and oxygen atoms in total. The molecular weight excluding hydrogens is 468 g/mol. The van der Waals surface area contributed by atoms with E-state index in [9.17, 15) is 14.4 Å². The zero-order chi connectivity index (χ0) is 26.4. The molecule has 208 valence electrons. The van der Waals surface area contributed by atoms with Gasteiger partial charge < -0.3 is 20.3 Å². The highest BCUT2D eigenvalue weighted by Gasteiger charge is 2.43. The lowest BCUT2D eigenvalue weighted by atomic mass is 9.74. The van der Waals surface area contributed by atoms with E-state index in [1.165, 1.54) is 25.7 Å². The third kappa shape index (κ3) is 7.14. The number of ether oxygens (including phenoxy) is 1. The second kappa shape index (κ2) is 12.7. The lowest BCUT2D eigenvalue weighted by Gasteiger charge is -2.42. The predicted octanol–water partition coefficient (Wildman–Crippen LogP) is 2.87. The molecule has 4 aliphatic rings. The summed E-state index contributed by atoms with van der Waals surface area (Å²) < 4.78 is 5.72. The zero-order valence-corrected chi connectivity index (χ0v) is 23.2. The van der Waals surface area contributed by atoms with Gasteiger partial charge in [-0.15, -0.1) is 0 Å². The summed E-state index contributed by atoms with van der Waals surface area (Å²) in [6, 6.07) is 0.0407. The zero-order valence-electron chi connectivity index (χ0n) is 23.2. The van der Waals surface area contributed by atoms with Crippen LogP contribution < -0.4 is 10.6 Å². The van der Waals surface area contributed by atoms with Crippen LogP contribution >= 0.6 is 0 Å². The average Bonchev–Trinajstić information content (AvgIpc) is 3.42. The summed E-state index contributed by atoms with van der Waals surface area (Å²) in [7, 11) is 2.06. The van der Waals surface area contributed by atoms with Gasteiger partial charge >= 0.3 is 0 Å². The molecule has 3 atom stereocenters. The standard InChI is InChI=1S/C29H48N4O4/c1-21(2)18-25-27(35)30-24-11-17-37-20-22(24)8-6-7-12-29(28(36)31-25)13-15-33(16-14-29)26(34)19-32(3)23-9-4-5-10-23/h6-7,21-25H,4-5,8-20H2,1-3H3,(H,30,35)(H,31,36)/b7-6+/t22-,24+,25+/m1/s1. The maximum Gasteiger partial charge on any atom is 0.242 e. The highest BCUT2D eigenvalue weighted by atomic mass is 16.5. The van der Waals surface area contributed by atoms with Gasteiger partial charge in [-0.05, 0) is 64.3 Å². The molecule has 0 aromatic rings. The summed E-state index contributed by atoms with van der Waals surface area (Å²) in [5, 5.41) is 6.40. The first-order valence-electron chi connectivity index (χ1n) is 14.6. The van der Waals surface area contributed by atoms with E-state index in [0.29, 0.717) is 64.6 Å². The van der Waals surface area contributed by atoms with Crippen molar-refractivity contribution in [2.24, 2.45) is 17.3 Å². The van der Waals surface area contributed by atoms with Crippen LogP contribution in [0.5, 0.6) is 0 Å². The fourth-order valence-electron chi connectivity index (χ4n) is 6.59. The Labute approximate surface area is 222 Å². The molecule has 3 amide bonds. The van der Waals surface area contributed by atoms with Crippen molar-refractivity contribution in [3.63, 3.8) is 0 Å². The molecule has 1 saturated carbocycles. The summed E-state index contributed by atoms with van der Waals surface area (Å²) in [4.78, 5) is 44.4. The van der Waals surface area contributed by atoms with Crippen LogP contribution in [0.15, 0.2) is 12.2 Å². The third-order valence-electron chi connectivity index (χ3n) is 9.13. The molecular formula is C29H48N4O4. The molecule has 3 fully saturated rings. The number of amides is 3. The normalized spacial score (nSPS) is 30.4. The van der Waals surface area contributed by atoms with Crippen LogP contribution in [0.4, 0.5) is 0 Å². The van der Waals surface area contributed by atoms with Crippen LogP contribution in [0.25, 0.3) is 0 Å². The van der Waals surface area contributed by atoms with E-state index >= 15 is 0 Å². The van der Waals surface area contributed by atoms with Crippen molar-refractivity contribution >= 4 is 17.7 Å². The first kappa shape index (κ1) is 28.1. The highest BCUT2D eigenvalue weighted by Crippen LogP contribution is 2.37. The molecule has 3 aliphatic heterocycles. The molecule has 2 N–H and O–H groups in total. The Hall–Kier alpha value is -1.93.